The quantitative estimate of drug-likeness (QED) is 0.814. The lowest BCUT2D eigenvalue weighted by atomic mass is 10.1. The number of carboxylic acids is 1. The Morgan fingerprint density at radius 3 is 2.80 bits per heavy atom. The van der Waals surface area contributed by atoms with Gasteiger partial charge >= 0.3 is 5.97 Å². The number of carbonyl (C=O) groups is 1. The Morgan fingerprint density at radius 1 is 1.47 bits per heavy atom. The Balaban J connectivity index is 2.79. The maximum Gasteiger partial charge on any atom is 0.335 e. The Bertz CT molecular complexity index is 528. The minimum Gasteiger partial charge on any atom is -0.496 e. The van der Waals surface area contributed by atoms with Gasteiger partial charge in [-0.05, 0) is 18.2 Å². The van der Waals surface area contributed by atoms with Gasteiger partial charge in [-0.2, -0.15) is 0 Å². The smallest absolute Gasteiger partial charge is 0.335 e. The second kappa shape index (κ2) is 3.31. The molecule has 0 aliphatic carbocycles. The summed E-state index contributed by atoms with van der Waals surface area (Å²) in [5, 5.41) is 9.85. The van der Waals surface area contributed by atoms with Crippen LogP contribution in [0.25, 0.3) is 10.9 Å². The van der Waals surface area contributed by atoms with E-state index >= 15 is 0 Å². The fraction of sp³-hybridized carbons (Fsp3) is 0.182. The first kappa shape index (κ1) is 9.58. The third-order valence-corrected chi connectivity index (χ3v) is 2.43. The second-order valence-corrected chi connectivity index (χ2v) is 3.34. The monoisotopic (exact) mass is 205 g/mol. The number of hydrogen-bond donors (Lipinski definition) is 1. The molecule has 78 valence electrons. The minimum atomic E-state index is -0.948. The van der Waals surface area contributed by atoms with Gasteiger partial charge in [0.25, 0.3) is 0 Å². The van der Waals surface area contributed by atoms with E-state index in [-0.39, 0.29) is 5.56 Å². The molecular formula is C11H11NO3. The van der Waals surface area contributed by atoms with Crippen LogP contribution in [0.1, 0.15) is 10.4 Å². The van der Waals surface area contributed by atoms with Crippen LogP contribution in [0.15, 0.2) is 24.4 Å². The predicted molar refractivity (Wildman–Crippen MR) is 56.4 cm³/mol. The molecule has 0 bridgehead atoms. The van der Waals surface area contributed by atoms with Crippen LogP contribution < -0.4 is 4.74 Å². The van der Waals surface area contributed by atoms with E-state index in [1.54, 1.807) is 6.07 Å². The Morgan fingerprint density at radius 2 is 2.20 bits per heavy atom. The lowest BCUT2D eigenvalue weighted by molar-refractivity contribution is 0.0696. The van der Waals surface area contributed by atoms with Gasteiger partial charge in [-0.15, -0.1) is 0 Å². The number of hydrogen-bond acceptors (Lipinski definition) is 2. The third-order valence-electron chi connectivity index (χ3n) is 2.43. The SMILES string of the molecule is COc1cc(C(=O)O)cc2c1ccn2C. The van der Waals surface area contributed by atoms with Gasteiger partial charge in [0.15, 0.2) is 0 Å². The van der Waals surface area contributed by atoms with Crippen LogP contribution in [0.5, 0.6) is 5.75 Å². The van der Waals surface area contributed by atoms with Crippen molar-refractivity contribution in [3.05, 3.63) is 30.0 Å². The molecule has 4 nitrogen and oxygen atoms in total. The summed E-state index contributed by atoms with van der Waals surface area (Å²) in [4.78, 5) is 10.9. The van der Waals surface area contributed by atoms with Crippen molar-refractivity contribution in [2.24, 2.45) is 7.05 Å². The van der Waals surface area contributed by atoms with Gasteiger partial charge in [-0.1, -0.05) is 0 Å². The number of fused-ring (bicyclic) bond motifs is 1. The van der Waals surface area contributed by atoms with Gasteiger partial charge < -0.3 is 14.4 Å². The van der Waals surface area contributed by atoms with Crippen LogP contribution in [0.2, 0.25) is 0 Å². The molecule has 0 amide bonds. The van der Waals surface area contributed by atoms with Crippen molar-refractivity contribution in [1.29, 1.82) is 0 Å². The zero-order valence-corrected chi connectivity index (χ0v) is 8.52. The van der Waals surface area contributed by atoms with Crippen molar-refractivity contribution in [2.75, 3.05) is 7.11 Å². The molecule has 0 fully saturated rings. The van der Waals surface area contributed by atoms with E-state index in [4.69, 9.17) is 9.84 Å². The molecule has 0 unspecified atom stereocenters. The molecule has 1 aromatic carbocycles. The molecule has 0 atom stereocenters. The zero-order chi connectivity index (χ0) is 11.0. The fourth-order valence-electron chi connectivity index (χ4n) is 1.63. The van der Waals surface area contributed by atoms with Gasteiger partial charge in [0.05, 0.1) is 18.2 Å². The Kier molecular flexibility index (Phi) is 2.11. The molecule has 1 heterocycles. The van der Waals surface area contributed by atoms with E-state index in [9.17, 15) is 4.79 Å². The number of ether oxygens (including phenoxy) is 1. The topological polar surface area (TPSA) is 51.5 Å². The van der Waals surface area contributed by atoms with Crippen LogP contribution in [0, 0.1) is 0 Å². The van der Waals surface area contributed by atoms with E-state index in [1.807, 2.05) is 23.9 Å². The summed E-state index contributed by atoms with van der Waals surface area (Å²) in [5.74, 6) is -0.359. The summed E-state index contributed by atoms with van der Waals surface area (Å²) in [5.41, 5.74) is 1.09. The summed E-state index contributed by atoms with van der Waals surface area (Å²) in [6.07, 6.45) is 1.87. The highest BCUT2D eigenvalue weighted by atomic mass is 16.5. The van der Waals surface area contributed by atoms with Crippen molar-refractivity contribution in [1.82, 2.24) is 4.57 Å². The van der Waals surface area contributed by atoms with Crippen molar-refractivity contribution >= 4 is 16.9 Å². The number of aromatic carboxylic acids is 1. The van der Waals surface area contributed by atoms with E-state index < -0.39 is 5.97 Å². The molecule has 15 heavy (non-hydrogen) atoms. The first-order chi connectivity index (χ1) is 7.13. The molecule has 0 aliphatic heterocycles. The highest BCUT2D eigenvalue weighted by Gasteiger charge is 2.11. The van der Waals surface area contributed by atoms with Crippen LogP contribution in [-0.4, -0.2) is 22.8 Å². The standard InChI is InChI=1S/C11H11NO3/c1-12-4-3-8-9(12)5-7(11(13)14)6-10(8)15-2/h3-6H,1-2H3,(H,13,14). The minimum absolute atomic E-state index is 0.237. The normalized spacial score (nSPS) is 10.5. The number of methoxy groups -OCH3 is 1. The molecule has 0 aliphatic rings. The number of benzene rings is 1. The van der Waals surface area contributed by atoms with Crippen molar-refractivity contribution < 1.29 is 14.6 Å². The molecule has 0 spiro atoms. The van der Waals surface area contributed by atoms with E-state index in [0.717, 1.165) is 10.9 Å². The van der Waals surface area contributed by atoms with Crippen molar-refractivity contribution in [3.8, 4) is 5.75 Å². The van der Waals surface area contributed by atoms with Crippen LogP contribution in [0.4, 0.5) is 0 Å². The highest BCUT2D eigenvalue weighted by molar-refractivity contribution is 5.96. The largest absolute Gasteiger partial charge is 0.496 e. The van der Waals surface area contributed by atoms with E-state index in [0.29, 0.717) is 5.75 Å². The average molecular weight is 205 g/mol. The van der Waals surface area contributed by atoms with Crippen LogP contribution in [0.3, 0.4) is 0 Å². The number of rotatable bonds is 2. The molecule has 0 saturated carbocycles. The maximum atomic E-state index is 10.9. The predicted octanol–water partition coefficient (Wildman–Crippen LogP) is 1.89. The number of aryl methyl sites for hydroxylation is 1. The summed E-state index contributed by atoms with van der Waals surface area (Å²) in [6.45, 7) is 0. The van der Waals surface area contributed by atoms with Crippen LogP contribution in [-0.2, 0) is 7.05 Å². The summed E-state index contributed by atoms with van der Waals surface area (Å²) >= 11 is 0. The van der Waals surface area contributed by atoms with Crippen molar-refractivity contribution in [2.45, 2.75) is 0 Å². The average Bonchev–Trinajstić information content (AvgIpc) is 2.59. The lowest BCUT2D eigenvalue weighted by Gasteiger charge is -2.05. The molecule has 2 rings (SSSR count). The van der Waals surface area contributed by atoms with E-state index in [2.05, 4.69) is 0 Å². The number of aromatic nitrogens is 1. The first-order valence-electron chi connectivity index (χ1n) is 4.50. The van der Waals surface area contributed by atoms with Gasteiger partial charge in [0.1, 0.15) is 5.75 Å². The molecular weight excluding hydrogens is 194 g/mol. The Labute approximate surface area is 86.7 Å². The van der Waals surface area contributed by atoms with Crippen molar-refractivity contribution in [3.63, 3.8) is 0 Å². The number of carboxylic acid groups (broad SMARTS) is 1. The molecule has 1 aromatic heterocycles. The van der Waals surface area contributed by atoms with Gasteiger partial charge in [0, 0.05) is 18.6 Å². The molecule has 2 aromatic rings. The lowest BCUT2D eigenvalue weighted by Crippen LogP contribution is -1.98. The highest BCUT2D eigenvalue weighted by Crippen LogP contribution is 2.27. The molecule has 1 N–H and O–H groups in total. The fourth-order valence-corrected chi connectivity index (χ4v) is 1.63. The van der Waals surface area contributed by atoms with Gasteiger partial charge in [-0.25, -0.2) is 4.79 Å². The summed E-state index contributed by atoms with van der Waals surface area (Å²) in [7, 11) is 3.40. The summed E-state index contributed by atoms with van der Waals surface area (Å²) < 4.78 is 7.02. The second-order valence-electron chi connectivity index (χ2n) is 3.34. The Hall–Kier alpha value is -1.97. The summed E-state index contributed by atoms with van der Waals surface area (Å²) in [6, 6.07) is 5.07. The zero-order valence-electron chi connectivity index (χ0n) is 8.52. The molecule has 0 radical (unpaired) electrons. The van der Waals surface area contributed by atoms with Crippen LogP contribution >= 0.6 is 0 Å². The molecule has 4 heteroatoms. The van der Waals surface area contributed by atoms with E-state index in [1.165, 1.54) is 13.2 Å². The third kappa shape index (κ3) is 1.44. The number of nitrogens with zero attached hydrogens (tertiary/aromatic N) is 1. The first-order valence-corrected chi connectivity index (χ1v) is 4.50. The maximum absolute atomic E-state index is 10.9. The van der Waals surface area contributed by atoms with Gasteiger partial charge in [0.2, 0.25) is 0 Å². The van der Waals surface area contributed by atoms with Gasteiger partial charge in [-0.3, -0.25) is 0 Å². The molecule has 0 saturated heterocycles.